The van der Waals surface area contributed by atoms with Gasteiger partial charge in [0.05, 0.1) is 18.2 Å². The monoisotopic (exact) mass is 268 g/mol. The van der Waals surface area contributed by atoms with Crippen LogP contribution in [0, 0.1) is 12.8 Å². The number of carbonyl (C=O) groups is 1. The number of hydrogen-bond acceptors (Lipinski definition) is 5. The van der Waals surface area contributed by atoms with Crippen LogP contribution in [0.25, 0.3) is 0 Å². The van der Waals surface area contributed by atoms with Crippen molar-refractivity contribution in [1.82, 2.24) is 10.1 Å². The second-order valence-electron chi connectivity index (χ2n) is 5.08. The Hall–Kier alpha value is -1.40. The SMILES string of the molecule is CO[C@H]1CN(CCC(=O)O)C[C@H]1Cc1cc(C)no1. The molecule has 19 heavy (non-hydrogen) atoms. The van der Waals surface area contributed by atoms with Crippen molar-refractivity contribution in [2.24, 2.45) is 5.92 Å². The number of methoxy groups -OCH3 is 1. The fourth-order valence-corrected chi connectivity index (χ4v) is 2.60. The van der Waals surface area contributed by atoms with E-state index in [4.69, 9.17) is 14.4 Å². The van der Waals surface area contributed by atoms with Gasteiger partial charge in [0.25, 0.3) is 0 Å². The van der Waals surface area contributed by atoms with Crippen molar-refractivity contribution in [2.75, 3.05) is 26.7 Å². The van der Waals surface area contributed by atoms with Crippen molar-refractivity contribution in [2.45, 2.75) is 25.9 Å². The molecule has 0 aromatic carbocycles. The normalized spacial score (nSPS) is 23.9. The molecule has 1 aliphatic heterocycles. The minimum Gasteiger partial charge on any atom is -0.481 e. The molecule has 2 rings (SSSR count). The van der Waals surface area contributed by atoms with Crippen molar-refractivity contribution in [1.29, 1.82) is 0 Å². The van der Waals surface area contributed by atoms with Crippen molar-refractivity contribution in [3.8, 4) is 0 Å². The Labute approximate surface area is 112 Å². The van der Waals surface area contributed by atoms with Gasteiger partial charge in [-0.05, 0) is 6.92 Å². The average Bonchev–Trinajstić information content (AvgIpc) is 2.94. The first-order valence-electron chi connectivity index (χ1n) is 6.47. The zero-order valence-corrected chi connectivity index (χ0v) is 11.3. The standard InChI is InChI=1S/C13H20N2O4/c1-9-5-11(19-14-9)6-10-7-15(4-3-13(16)17)8-12(10)18-2/h5,10,12H,3-4,6-8H2,1-2H3,(H,16,17)/t10-,12+/m1/s1. The number of nitrogens with zero attached hydrogens (tertiary/aromatic N) is 2. The predicted octanol–water partition coefficient (Wildman–Crippen LogP) is 0.947. The first-order chi connectivity index (χ1) is 9.08. The average molecular weight is 268 g/mol. The van der Waals surface area contributed by atoms with Crippen molar-refractivity contribution in [3.05, 3.63) is 17.5 Å². The van der Waals surface area contributed by atoms with Crippen LogP contribution < -0.4 is 0 Å². The van der Waals surface area contributed by atoms with Crippen LogP contribution in [0.5, 0.6) is 0 Å². The van der Waals surface area contributed by atoms with Crippen LogP contribution >= 0.6 is 0 Å². The van der Waals surface area contributed by atoms with Crippen LogP contribution in [0.3, 0.4) is 0 Å². The van der Waals surface area contributed by atoms with Gasteiger partial charge in [-0.1, -0.05) is 5.16 Å². The molecule has 6 heteroatoms. The van der Waals surface area contributed by atoms with Gasteiger partial charge >= 0.3 is 5.97 Å². The molecule has 0 unspecified atom stereocenters. The molecule has 0 saturated carbocycles. The molecule has 0 amide bonds. The van der Waals surface area contributed by atoms with E-state index in [2.05, 4.69) is 10.1 Å². The number of aliphatic carboxylic acids is 1. The highest BCUT2D eigenvalue weighted by atomic mass is 16.5. The fourth-order valence-electron chi connectivity index (χ4n) is 2.60. The summed E-state index contributed by atoms with van der Waals surface area (Å²) in [4.78, 5) is 12.7. The number of ether oxygens (including phenoxy) is 1. The fraction of sp³-hybridized carbons (Fsp3) is 0.692. The zero-order chi connectivity index (χ0) is 13.8. The van der Waals surface area contributed by atoms with Gasteiger partial charge in [0, 0.05) is 45.1 Å². The van der Waals surface area contributed by atoms with Gasteiger partial charge in [0.15, 0.2) is 0 Å². The van der Waals surface area contributed by atoms with Gasteiger partial charge in [-0.3, -0.25) is 9.69 Å². The lowest BCUT2D eigenvalue weighted by Crippen LogP contribution is -2.25. The minimum absolute atomic E-state index is 0.124. The van der Waals surface area contributed by atoms with Crippen LogP contribution in [0.15, 0.2) is 10.6 Å². The summed E-state index contributed by atoms with van der Waals surface area (Å²) >= 11 is 0. The van der Waals surface area contributed by atoms with E-state index in [1.54, 1.807) is 7.11 Å². The van der Waals surface area contributed by atoms with Gasteiger partial charge in [-0.15, -0.1) is 0 Å². The molecular formula is C13H20N2O4. The topological polar surface area (TPSA) is 75.8 Å². The van der Waals surface area contributed by atoms with Crippen LogP contribution in [-0.4, -0.2) is 54.0 Å². The highest BCUT2D eigenvalue weighted by Gasteiger charge is 2.33. The number of carboxylic acids is 1. The van der Waals surface area contributed by atoms with Gasteiger partial charge in [-0.2, -0.15) is 0 Å². The van der Waals surface area contributed by atoms with Gasteiger partial charge < -0.3 is 14.4 Å². The number of carboxylic acid groups (broad SMARTS) is 1. The zero-order valence-electron chi connectivity index (χ0n) is 11.3. The summed E-state index contributed by atoms with van der Waals surface area (Å²) in [5, 5.41) is 12.6. The van der Waals surface area contributed by atoms with Crippen molar-refractivity contribution in [3.63, 3.8) is 0 Å². The van der Waals surface area contributed by atoms with E-state index in [0.717, 1.165) is 31.0 Å². The lowest BCUT2D eigenvalue weighted by Gasteiger charge is -2.14. The third-order valence-electron chi connectivity index (χ3n) is 3.54. The number of likely N-dealkylation sites (tertiary alicyclic amines) is 1. The molecule has 1 N–H and O–H groups in total. The maximum Gasteiger partial charge on any atom is 0.304 e. The molecule has 1 aromatic rings. The second kappa shape index (κ2) is 6.16. The Morgan fingerprint density at radius 1 is 1.63 bits per heavy atom. The first kappa shape index (κ1) is 14.0. The summed E-state index contributed by atoms with van der Waals surface area (Å²) in [6.45, 7) is 4.09. The van der Waals surface area contributed by atoms with E-state index in [-0.39, 0.29) is 12.5 Å². The summed E-state index contributed by atoms with van der Waals surface area (Å²) in [5.41, 5.74) is 0.879. The Balaban J connectivity index is 1.90. The minimum atomic E-state index is -0.761. The number of aryl methyl sites for hydroxylation is 1. The Morgan fingerprint density at radius 2 is 2.42 bits per heavy atom. The van der Waals surface area contributed by atoms with E-state index in [0.29, 0.717) is 12.5 Å². The van der Waals surface area contributed by atoms with Crippen molar-refractivity contribution < 1.29 is 19.2 Å². The summed E-state index contributed by atoms with van der Waals surface area (Å²) in [6.07, 6.45) is 1.08. The molecule has 0 radical (unpaired) electrons. The predicted molar refractivity (Wildman–Crippen MR) is 67.9 cm³/mol. The molecule has 1 aliphatic rings. The maximum absolute atomic E-state index is 10.6. The van der Waals surface area contributed by atoms with Gasteiger partial charge in [0.1, 0.15) is 5.76 Å². The van der Waals surface area contributed by atoms with E-state index >= 15 is 0 Å². The van der Waals surface area contributed by atoms with E-state index < -0.39 is 5.97 Å². The Bertz CT molecular complexity index is 432. The third kappa shape index (κ3) is 3.78. The van der Waals surface area contributed by atoms with E-state index in [9.17, 15) is 4.79 Å². The number of rotatable bonds is 6. The smallest absolute Gasteiger partial charge is 0.304 e. The molecule has 1 saturated heterocycles. The Kier molecular flexibility index (Phi) is 4.55. The van der Waals surface area contributed by atoms with Crippen LogP contribution in [0.2, 0.25) is 0 Å². The largest absolute Gasteiger partial charge is 0.481 e. The quantitative estimate of drug-likeness (QED) is 0.827. The molecule has 1 aromatic heterocycles. The lowest BCUT2D eigenvalue weighted by molar-refractivity contribution is -0.137. The van der Waals surface area contributed by atoms with E-state index in [1.807, 2.05) is 13.0 Å². The first-order valence-corrected chi connectivity index (χ1v) is 6.47. The second-order valence-corrected chi connectivity index (χ2v) is 5.08. The molecule has 1 fully saturated rings. The molecule has 106 valence electrons. The number of hydrogen-bond donors (Lipinski definition) is 1. The summed E-state index contributed by atoms with van der Waals surface area (Å²) in [7, 11) is 1.70. The highest BCUT2D eigenvalue weighted by Crippen LogP contribution is 2.24. The summed E-state index contributed by atoms with van der Waals surface area (Å²) < 4.78 is 10.7. The van der Waals surface area contributed by atoms with E-state index in [1.165, 1.54) is 0 Å². The Morgan fingerprint density at radius 3 is 3.00 bits per heavy atom. The van der Waals surface area contributed by atoms with Crippen LogP contribution in [0.4, 0.5) is 0 Å². The third-order valence-corrected chi connectivity index (χ3v) is 3.54. The number of aromatic nitrogens is 1. The summed E-state index contributed by atoms with van der Waals surface area (Å²) in [5.74, 6) is 0.430. The van der Waals surface area contributed by atoms with Gasteiger partial charge in [-0.25, -0.2) is 0 Å². The van der Waals surface area contributed by atoms with Gasteiger partial charge in [0.2, 0.25) is 0 Å². The van der Waals surface area contributed by atoms with Crippen molar-refractivity contribution >= 4 is 5.97 Å². The van der Waals surface area contributed by atoms with Crippen LogP contribution in [-0.2, 0) is 16.0 Å². The molecule has 2 atom stereocenters. The molecule has 0 bridgehead atoms. The molecule has 6 nitrogen and oxygen atoms in total. The lowest BCUT2D eigenvalue weighted by atomic mass is 10.0. The molecule has 0 aliphatic carbocycles. The summed E-state index contributed by atoms with van der Waals surface area (Å²) in [6, 6.07) is 1.94. The molecule has 0 spiro atoms. The highest BCUT2D eigenvalue weighted by molar-refractivity contribution is 5.66. The van der Waals surface area contributed by atoms with Crippen LogP contribution in [0.1, 0.15) is 17.9 Å². The molecular weight excluding hydrogens is 248 g/mol. The maximum atomic E-state index is 10.6. The molecule has 2 heterocycles.